The van der Waals surface area contributed by atoms with Gasteiger partial charge in [-0.3, -0.25) is 0 Å². The van der Waals surface area contributed by atoms with E-state index in [4.69, 9.17) is 4.74 Å². The minimum absolute atomic E-state index is 0. The van der Waals surface area contributed by atoms with Crippen molar-refractivity contribution in [1.82, 2.24) is 0 Å². The highest BCUT2D eigenvalue weighted by atomic mass is 79.9. The summed E-state index contributed by atoms with van der Waals surface area (Å²) in [5, 5.41) is 4.26. The van der Waals surface area contributed by atoms with Crippen molar-refractivity contribution >= 4 is 23.2 Å². The summed E-state index contributed by atoms with van der Waals surface area (Å²) >= 11 is 0. The molecule has 0 unspecified atom stereocenters. The summed E-state index contributed by atoms with van der Waals surface area (Å²) in [6, 6.07) is 42.3. The van der Waals surface area contributed by atoms with Gasteiger partial charge < -0.3 is 21.7 Å². The SMILES string of the molecule is CCCCCCCCOCc1ccccc1C[P+](c1ccccc1)(c1ccccc1)c1ccccc1.[Br-]. The molecule has 0 aliphatic rings. The zero-order chi connectivity index (χ0) is 24.9. The predicted molar refractivity (Wildman–Crippen MR) is 158 cm³/mol. The van der Waals surface area contributed by atoms with Crippen LogP contribution in [-0.2, 0) is 17.5 Å². The molecule has 0 N–H and O–H groups in total. The lowest BCUT2D eigenvalue weighted by molar-refractivity contribution is -0.00000783. The quantitative estimate of drug-likeness (QED) is 0.151. The normalized spacial score (nSPS) is 11.2. The first-order valence-electron chi connectivity index (χ1n) is 13.5. The van der Waals surface area contributed by atoms with Crippen molar-refractivity contribution in [3.05, 3.63) is 126 Å². The molecule has 0 aliphatic carbocycles. The van der Waals surface area contributed by atoms with Crippen molar-refractivity contribution in [2.75, 3.05) is 6.61 Å². The first-order valence-corrected chi connectivity index (χ1v) is 15.5. The molecule has 37 heavy (non-hydrogen) atoms. The number of rotatable bonds is 14. The summed E-state index contributed by atoms with van der Waals surface area (Å²) < 4.78 is 6.21. The Kier molecular flexibility index (Phi) is 12.6. The molecule has 0 bridgehead atoms. The summed E-state index contributed by atoms with van der Waals surface area (Å²) in [7, 11) is -1.92. The molecule has 0 spiro atoms. The Morgan fingerprint density at radius 2 is 0.946 bits per heavy atom. The van der Waals surface area contributed by atoms with E-state index in [-0.39, 0.29) is 17.0 Å². The van der Waals surface area contributed by atoms with Crippen LogP contribution >= 0.6 is 7.26 Å². The Labute approximate surface area is 235 Å². The van der Waals surface area contributed by atoms with Gasteiger partial charge in [-0.2, -0.15) is 0 Å². The molecule has 0 radical (unpaired) electrons. The van der Waals surface area contributed by atoms with Crippen molar-refractivity contribution in [3.8, 4) is 0 Å². The van der Waals surface area contributed by atoms with Gasteiger partial charge in [0.25, 0.3) is 0 Å². The smallest absolute Gasteiger partial charge is 0.116 e. The van der Waals surface area contributed by atoms with Gasteiger partial charge in [-0.25, -0.2) is 0 Å². The van der Waals surface area contributed by atoms with Gasteiger partial charge >= 0.3 is 0 Å². The Bertz CT molecular complexity index is 1050. The largest absolute Gasteiger partial charge is 1.00 e. The molecule has 0 atom stereocenters. The number of ether oxygens (including phenoxy) is 1. The molecule has 1 nitrogen and oxygen atoms in total. The fraction of sp³-hybridized carbons (Fsp3) is 0.294. The molecule has 4 aromatic carbocycles. The van der Waals surface area contributed by atoms with Crippen LogP contribution in [0.1, 0.15) is 56.6 Å². The van der Waals surface area contributed by atoms with E-state index in [2.05, 4.69) is 122 Å². The van der Waals surface area contributed by atoms with Crippen LogP contribution in [0.5, 0.6) is 0 Å². The predicted octanol–water partition coefficient (Wildman–Crippen LogP) is 5.06. The summed E-state index contributed by atoms with van der Waals surface area (Å²) in [5.74, 6) is 0. The van der Waals surface area contributed by atoms with Gasteiger partial charge in [0.05, 0.1) is 12.8 Å². The second-order valence-corrected chi connectivity index (χ2v) is 13.0. The van der Waals surface area contributed by atoms with E-state index in [0.29, 0.717) is 6.61 Å². The summed E-state index contributed by atoms with van der Waals surface area (Å²) in [5.41, 5.74) is 2.71. The first-order chi connectivity index (χ1) is 17.8. The molecule has 0 saturated heterocycles. The van der Waals surface area contributed by atoms with Crippen LogP contribution < -0.4 is 32.9 Å². The molecular weight excluding hydrogens is 535 g/mol. The van der Waals surface area contributed by atoms with Gasteiger partial charge in [-0.05, 0) is 53.9 Å². The van der Waals surface area contributed by atoms with Crippen LogP contribution in [-0.4, -0.2) is 6.61 Å². The maximum Gasteiger partial charge on any atom is 0.116 e. The highest BCUT2D eigenvalue weighted by Crippen LogP contribution is 2.58. The number of benzene rings is 4. The number of hydrogen-bond donors (Lipinski definition) is 0. The van der Waals surface area contributed by atoms with Gasteiger partial charge in [-0.15, -0.1) is 0 Å². The summed E-state index contributed by atoms with van der Waals surface area (Å²) in [6.45, 7) is 3.80. The minimum Gasteiger partial charge on any atom is -1.00 e. The second-order valence-electron chi connectivity index (χ2n) is 9.56. The van der Waals surface area contributed by atoms with Crippen molar-refractivity contribution in [3.63, 3.8) is 0 Å². The fourth-order valence-corrected chi connectivity index (χ4v) is 9.35. The van der Waals surface area contributed by atoms with Crippen molar-refractivity contribution < 1.29 is 21.7 Å². The third kappa shape index (κ3) is 7.87. The molecule has 0 amide bonds. The molecule has 0 heterocycles. The zero-order valence-corrected chi connectivity index (χ0v) is 24.5. The molecule has 0 aliphatic heterocycles. The monoisotopic (exact) mass is 574 g/mol. The third-order valence-corrected chi connectivity index (χ3v) is 11.4. The number of unbranched alkanes of at least 4 members (excludes halogenated alkanes) is 5. The molecular formula is C34H40BrOP. The molecule has 0 fully saturated rings. The van der Waals surface area contributed by atoms with Crippen molar-refractivity contribution in [2.45, 2.75) is 58.2 Å². The van der Waals surface area contributed by atoms with Crippen LogP contribution in [0.25, 0.3) is 0 Å². The molecule has 194 valence electrons. The van der Waals surface area contributed by atoms with E-state index in [1.54, 1.807) is 0 Å². The van der Waals surface area contributed by atoms with Crippen LogP contribution in [0.2, 0.25) is 0 Å². The van der Waals surface area contributed by atoms with Gasteiger partial charge in [0, 0.05) is 6.61 Å². The lowest BCUT2D eigenvalue weighted by atomic mass is 10.1. The van der Waals surface area contributed by atoms with E-state index in [0.717, 1.165) is 19.2 Å². The Balaban J connectivity index is 0.00000380. The summed E-state index contributed by atoms with van der Waals surface area (Å²) in [4.78, 5) is 0. The number of hydrogen-bond acceptors (Lipinski definition) is 1. The fourth-order valence-electron chi connectivity index (χ4n) is 5.04. The topological polar surface area (TPSA) is 9.23 Å². The van der Waals surface area contributed by atoms with Gasteiger partial charge in [-0.1, -0.05) is 118 Å². The highest BCUT2D eigenvalue weighted by molar-refractivity contribution is 7.95. The minimum atomic E-state index is -1.92. The van der Waals surface area contributed by atoms with Crippen LogP contribution in [0.15, 0.2) is 115 Å². The maximum atomic E-state index is 6.21. The van der Waals surface area contributed by atoms with Gasteiger partial charge in [0.15, 0.2) is 0 Å². The zero-order valence-electron chi connectivity index (χ0n) is 22.1. The van der Waals surface area contributed by atoms with Crippen LogP contribution in [0, 0.1) is 0 Å². The third-order valence-electron chi connectivity index (χ3n) is 7.02. The van der Waals surface area contributed by atoms with Crippen LogP contribution in [0.3, 0.4) is 0 Å². The molecule has 3 heteroatoms. The molecule has 4 rings (SSSR count). The van der Waals surface area contributed by atoms with E-state index < -0.39 is 7.26 Å². The second kappa shape index (κ2) is 15.9. The van der Waals surface area contributed by atoms with Crippen LogP contribution in [0.4, 0.5) is 0 Å². The van der Waals surface area contributed by atoms with E-state index in [9.17, 15) is 0 Å². The van der Waals surface area contributed by atoms with E-state index in [1.165, 1.54) is 59.1 Å². The first kappa shape index (κ1) is 29.3. The lowest BCUT2D eigenvalue weighted by Gasteiger charge is -2.28. The average Bonchev–Trinajstić information content (AvgIpc) is 2.95. The highest BCUT2D eigenvalue weighted by Gasteiger charge is 2.45. The van der Waals surface area contributed by atoms with Crippen molar-refractivity contribution in [2.24, 2.45) is 0 Å². The number of halogens is 1. The molecule has 0 saturated carbocycles. The Hall–Kier alpha value is -2.25. The Morgan fingerprint density at radius 1 is 0.514 bits per heavy atom. The molecule has 0 aromatic heterocycles. The van der Waals surface area contributed by atoms with E-state index in [1.807, 2.05) is 0 Å². The maximum absolute atomic E-state index is 6.21. The van der Waals surface area contributed by atoms with Gasteiger partial charge in [0.1, 0.15) is 23.2 Å². The van der Waals surface area contributed by atoms with E-state index >= 15 is 0 Å². The van der Waals surface area contributed by atoms with Crippen molar-refractivity contribution in [1.29, 1.82) is 0 Å². The lowest BCUT2D eigenvalue weighted by Crippen LogP contribution is -3.00. The average molecular weight is 576 g/mol. The van der Waals surface area contributed by atoms with Gasteiger partial charge in [0.2, 0.25) is 0 Å². The summed E-state index contributed by atoms with van der Waals surface area (Å²) in [6.07, 6.45) is 8.74. The standard InChI is InChI=1S/C34H40OP.BrH/c1-2-3-4-5-6-18-27-35-28-30-19-16-17-20-31(30)29-36(32-21-10-7-11-22-32,33-23-12-8-13-24-33)34-25-14-9-15-26-34;/h7-17,19-26H,2-6,18,27-29H2,1H3;1H/q+1;/p-1. The Morgan fingerprint density at radius 3 is 1.46 bits per heavy atom. The molecule has 4 aromatic rings.